The summed E-state index contributed by atoms with van der Waals surface area (Å²) in [6, 6.07) is 6.08. The summed E-state index contributed by atoms with van der Waals surface area (Å²) in [5, 5.41) is 9.12. The van der Waals surface area contributed by atoms with Crippen LogP contribution in [0, 0.1) is 11.8 Å². The molecule has 2 rings (SSSR count). The molecule has 96 valence electrons. The lowest BCUT2D eigenvalue weighted by Gasteiger charge is -2.23. The first-order valence-corrected chi connectivity index (χ1v) is 6.15. The number of benzene rings is 1. The van der Waals surface area contributed by atoms with E-state index in [0.29, 0.717) is 18.6 Å². The van der Waals surface area contributed by atoms with Gasteiger partial charge in [-0.25, -0.2) is 0 Å². The number of hydrogen-bond acceptors (Lipinski definition) is 4. The van der Waals surface area contributed by atoms with Crippen LogP contribution >= 0.6 is 0 Å². The summed E-state index contributed by atoms with van der Waals surface area (Å²) in [4.78, 5) is 22.5. The fourth-order valence-corrected chi connectivity index (χ4v) is 2.20. The van der Waals surface area contributed by atoms with Crippen LogP contribution in [0.5, 0.6) is 11.5 Å². The highest BCUT2D eigenvalue weighted by molar-refractivity contribution is 5.75. The number of ether oxygens (including phenoxy) is 1. The molecule has 0 bridgehead atoms. The highest BCUT2D eigenvalue weighted by atomic mass is 16.5. The molecule has 0 heterocycles. The summed E-state index contributed by atoms with van der Waals surface area (Å²) in [6.45, 7) is 0. The first-order chi connectivity index (χ1) is 8.69. The minimum atomic E-state index is -0.245. The Hall–Kier alpha value is -1.84. The van der Waals surface area contributed by atoms with Gasteiger partial charge < -0.3 is 14.6 Å². The normalized spacial score (nSPS) is 23.3. The van der Waals surface area contributed by atoms with Gasteiger partial charge in [-0.05, 0) is 49.9 Å². The standard InChI is InChI=1S/C14H16O4/c15-9-10-1-3-11(4-2-10)14(17)18-13-7-5-12(16)6-8-13/h5-11,16H,1-4H2. The second-order valence-electron chi connectivity index (χ2n) is 4.66. The lowest BCUT2D eigenvalue weighted by molar-refractivity contribution is -0.140. The molecule has 0 unspecified atom stereocenters. The molecule has 4 nitrogen and oxygen atoms in total. The Morgan fingerprint density at radius 1 is 1.17 bits per heavy atom. The van der Waals surface area contributed by atoms with E-state index < -0.39 is 0 Å². The number of esters is 1. The number of phenols is 1. The topological polar surface area (TPSA) is 63.6 Å². The zero-order valence-electron chi connectivity index (χ0n) is 10.0. The van der Waals surface area contributed by atoms with Crippen LogP contribution < -0.4 is 4.74 Å². The Morgan fingerprint density at radius 3 is 2.33 bits per heavy atom. The van der Waals surface area contributed by atoms with Crippen molar-refractivity contribution in [2.45, 2.75) is 25.7 Å². The highest BCUT2D eigenvalue weighted by Gasteiger charge is 2.27. The maximum Gasteiger partial charge on any atom is 0.314 e. The quantitative estimate of drug-likeness (QED) is 0.506. The highest BCUT2D eigenvalue weighted by Crippen LogP contribution is 2.29. The van der Waals surface area contributed by atoms with Crippen LogP contribution in [-0.4, -0.2) is 17.4 Å². The summed E-state index contributed by atoms with van der Waals surface area (Å²) in [6.07, 6.45) is 3.92. The lowest BCUT2D eigenvalue weighted by atomic mass is 9.83. The number of aromatic hydroxyl groups is 1. The van der Waals surface area contributed by atoms with Crippen molar-refractivity contribution in [2.75, 3.05) is 0 Å². The monoisotopic (exact) mass is 248 g/mol. The Bertz CT molecular complexity index is 416. The molecular weight excluding hydrogens is 232 g/mol. The number of aldehydes is 1. The van der Waals surface area contributed by atoms with E-state index in [1.165, 1.54) is 12.1 Å². The van der Waals surface area contributed by atoms with Crippen molar-refractivity contribution >= 4 is 12.3 Å². The van der Waals surface area contributed by atoms with E-state index in [4.69, 9.17) is 9.84 Å². The summed E-state index contributed by atoms with van der Waals surface area (Å²) in [5.41, 5.74) is 0. The van der Waals surface area contributed by atoms with Crippen molar-refractivity contribution in [1.29, 1.82) is 0 Å². The maximum atomic E-state index is 11.9. The third-order valence-electron chi connectivity index (χ3n) is 3.35. The molecule has 1 aliphatic carbocycles. The van der Waals surface area contributed by atoms with E-state index in [0.717, 1.165) is 19.1 Å². The number of hydrogen-bond donors (Lipinski definition) is 1. The SMILES string of the molecule is O=CC1CCC(C(=O)Oc2ccc(O)cc2)CC1. The fraction of sp³-hybridized carbons (Fsp3) is 0.429. The summed E-state index contributed by atoms with van der Waals surface area (Å²) in [5.74, 6) is 0.319. The van der Waals surface area contributed by atoms with Gasteiger partial charge in [0, 0.05) is 5.92 Å². The van der Waals surface area contributed by atoms with E-state index >= 15 is 0 Å². The zero-order valence-corrected chi connectivity index (χ0v) is 10.0. The molecule has 1 aliphatic rings. The van der Waals surface area contributed by atoms with Crippen molar-refractivity contribution in [3.63, 3.8) is 0 Å². The molecule has 0 aliphatic heterocycles. The first-order valence-electron chi connectivity index (χ1n) is 6.15. The Balaban J connectivity index is 1.88. The van der Waals surface area contributed by atoms with Crippen molar-refractivity contribution in [3.8, 4) is 11.5 Å². The van der Waals surface area contributed by atoms with Gasteiger partial charge in [0.25, 0.3) is 0 Å². The van der Waals surface area contributed by atoms with Crippen LogP contribution in [0.3, 0.4) is 0 Å². The maximum absolute atomic E-state index is 11.9. The van der Waals surface area contributed by atoms with E-state index in [2.05, 4.69) is 0 Å². The van der Waals surface area contributed by atoms with Gasteiger partial charge in [0.1, 0.15) is 17.8 Å². The Kier molecular flexibility index (Phi) is 3.97. The number of carbonyl (C=O) groups excluding carboxylic acids is 2. The van der Waals surface area contributed by atoms with E-state index in [-0.39, 0.29) is 23.6 Å². The predicted molar refractivity (Wildman–Crippen MR) is 65.3 cm³/mol. The number of rotatable bonds is 3. The molecule has 1 N–H and O–H groups in total. The van der Waals surface area contributed by atoms with Gasteiger partial charge in [-0.3, -0.25) is 4.79 Å². The molecule has 0 atom stereocenters. The largest absolute Gasteiger partial charge is 0.508 e. The molecular formula is C14H16O4. The van der Waals surface area contributed by atoms with Crippen LogP contribution in [0.15, 0.2) is 24.3 Å². The van der Waals surface area contributed by atoms with Gasteiger partial charge in [0.2, 0.25) is 0 Å². The number of phenolic OH excluding ortho intramolecular Hbond substituents is 1. The van der Waals surface area contributed by atoms with Gasteiger partial charge in [0.15, 0.2) is 0 Å². The summed E-state index contributed by atoms with van der Waals surface area (Å²) >= 11 is 0. The summed E-state index contributed by atoms with van der Waals surface area (Å²) in [7, 11) is 0. The van der Waals surface area contributed by atoms with Crippen LogP contribution in [0.4, 0.5) is 0 Å². The number of carbonyl (C=O) groups is 2. The third kappa shape index (κ3) is 3.09. The van der Waals surface area contributed by atoms with Crippen molar-refractivity contribution in [2.24, 2.45) is 11.8 Å². The average molecular weight is 248 g/mol. The van der Waals surface area contributed by atoms with Crippen LogP contribution in [0.2, 0.25) is 0 Å². The molecule has 0 aromatic heterocycles. The van der Waals surface area contributed by atoms with E-state index in [9.17, 15) is 9.59 Å². The second kappa shape index (κ2) is 5.67. The molecule has 1 aromatic carbocycles. The molecule has 18 heavy (non-hydrogen) atoms. The molecule has 1 fully saturated rings. The average Bonchev–Trinajstić information content (AvgIpc) is 2.41. The zero-order chi connectivity index (χ0) is 13.0. The van der Waals surface area contributed by atoms with Crippen LogP contribution in [0.1, 0.15) is 25.7 Å². The minimum Gasteiger partial charge on any atom is -0.508 e. The van der Waals surface area contributed by atoms with Crippen LogP contribution in [-0.2, 0) is 9.59 Å². The van der Waals surface area contributed by atoms with Crippen molar-refractivity contribution in [3.05, 3.63) is 24.3 Å². The molecule has 0 amide bonds. The van der Waals surface area contributed by atoms with Crippen molar-refractivity contribution in [1.82, 2.24) is 0 Å². The molecule has 0 saturated heterocycles. The van der Waals surface area contributed by atoms with E-state index in [1.54, 1.807) is 12.1 Å². The molecule has 0 radical (unpaired) electrons. The Labute approximate surface area is 106 Å². The fourth-order valence-electron chi connectivity index (χ4n) is 2.20. The van der Waals surface area contributed by atoms with Crippen LogP contribution in [0.25, 0.3) is 0 Å². The first kappa shape index (κ1) is 12.6. The van der Waals surface area contributed by atoms with Gasteiger partial charge >= 0.3 is 5.97 Å². The molecule has 4 heteroatoms. The lowest BCUT2D eigenvalue weighted by Crippen LogP contribution is -2.26. The van der Waals surface area contributed by atoms with Gasteiger partial charge in [-0.15, -0.1) is 0 Å². The second-order valence-corrected chi connectivity index (χ2v) is 4.66. The van der Waals surface area contributed by atoms with Gasteiger partial charge in [-0.1, -0.05) is 0 Å². The van der Waals surface area contributed by atoms with Gasteiger partial charge in [-0.2, -0.15) is 0 Å². The molecule has 1 saturated carbocycles. The Morgan fingerprint density at radius 2 is 1.78 bits per heavy atom. The summed E-state index contributed by atoms with van der Waals surface area (Å²) < 4.78 is 5.24. The minimum absolute atomic E-state index is 0.0997. The smallest absolute Gasteiger partial charge is 0.314 e. The van der Waals surface area contributed by atoms with Gasteiger partial charge in [0.05, 0.1) is 5.92 Å². The van der Waals surface area contributed by atoms with Crippen molar-refractivity contribution < 1.29 is 19.4 Å². The molecule has 1 aromatic rings. The molecule has 0 spiro atoms. The third-order valence-corrected chi connectivity index (χ3v) is 3.35. The predicted octanol–water partition coefficient (Wildman–Crippen LogP) is 2.30. The van der Waals surface area contributed by atoms with E-state index in [1.807, 2.05) is 0 Å².